The molecule has 0 aliphatic carbocycles. The highest BCUT2D eigenvalue weighted by molar-refractivity contribution is 5.79. The van der Waals surface area contributed by atoms with Gasteiger partial charge in [0, 0.05) is 30.8 Å². The molecule has 0 aromatic heterocycles. The molecule has 2 saturated heterocycles. The van der Waals surface area contributed by atoms with Gasteiger partial charge in [0.2, 0.25) is 5.91 Å². The Balaban J connectivity index is 1.56. The highest BCUT2D eigenvalue weighted by Gasteiger charge is 2.32. The molecular formula is C18H26N3O3+. The molecule has 1 amide bonds. The Hall–Kier alpha value is -1.95. The summed E-state index contributed by atoms with van der Waals surface area (Å²) in [4.78, 5) is 26.5. The number of quaternary nitrogens is 1. The molecular weight excluding hydrogens is 306 g/mol. The number of benzene rings is 1. The molecule has 2 fully saturated rings. The summed E-state index contributed by atoms with van der Waals surface area (Å²) in [6.07, 6.45) is 5.59. The van der Waals surface area contributed by atoms with Crippen LogP contribution in [0.2, 0.25) is 0 Å². The van der Waals surface area contributed by atoms with E-state index in [0.717, 1.165) is 64.0 Å². The fourth-order valence-corrected chi connectivity index (χ4v) is 3.92. The van der Waals surface area contributed by atoms with E-state index in [-0.39, 0.29) is 16.5 Å². The third kappa shape index (κ3) is 4.12. The number of carbonyl (C=O) groups excluding carboxylic acids is 1. The Kier molecular flexibility index (Phi) is 5.45. The van der Waals surface area contributed by atoms with Crippen LogP contribution in [0.5, 0.6) is 0 Å². The third-order valence-electron chi connectivity index (χ3n) is 5.24. The number of nitro benzene ring substituents is 1. The lowest BCUT2D eigenvalue weighted by atomic mass is 9.95. The SMILES string of the molecule is O=C([C@@H]1CCC[NH+](Cc2ccc([N+](=O)[O-])cc2)C1)N1CCCCC1. The molecule has 1 N–H and O–H groups in total. The monoisotopic (exact) mass is 332 g/mol. The molecule has 0 saturated carbocycles. The van der Waals surface area contributed by atoms with Gasteiger partial charge in [-0.25, -0.2) is 0 Å². The van der Waals surface area contributed by atoms with Crippen molar-refractivity contribution in [3.05, 3.63) is 39.9 Å². The van der Waals surface area contributed by atoms with Gasteiger partial charge in [0.05, 0.1) is 23.9 Å². The highest BCUT2D eigenvalue weighted by atomic mass is 16.6. The quantitative estimate of drug-likeness (QED) is 0.669. The van der Waals surface area contributed by atoms with Crippen LogP contribution in [-0.4, -0.2) is 41.9 Å². The number of nitro groups is 1. The van der Waals surface area contributed by atoms with Gasteiger partial charge in [0.1, 0.15) is 6.54 Å². The van der Waals surface area contributed by atoms with E-state index in [9.17, 15) is 14.9 Å². The first kappa shape index (κ1) is 16.9. The van der Waals surface area contributed by atoms with Crippen LogP contribution < -0.4 is 4.90 Å². The molecule has 1 unspecified atom stereocenters. The summed E-state index contributed by atoms with van der Waals surface area (Å²) < 4.78 is 0. The molecule has 6 nitrogen and oxygen atoms in total. The molecule has 1 aromatic rings. The van der Waals surface area contributed by atoms with Crippen LogP contribution in [0.1, 0.15) is 37.7 Å². The topological polar surface area (TPSA) is 67.9 Å². The molecule has 0 bridgehead atoms. The first-order chi connectivity index (χ1) is 11.6. The summed E-state index contributed by atoms with van der Waals surface area (Å²) in [5.74, 6) is 0.487. The van der Waals surface area contributed by atoms with E-state index in [1.54, 1.807) is 12.1 Å². The van der Waals surface area contributed by atoms with Crippen molar-refractivity contribution in [1.82, 2.24) is 4.90 Å². The molecule has 2 aliphatic heterocycles. The predicted octanol–water partition coefficient (Wildman–Crippen LogP) is 1.40. The Labute approximate surface area is 142 Å². The second-order valence-electron chi connectivity index (χ2n) is 7.03. The van der Waals surface area contributed by atoms with Gasteiger partial charge in [-0.2, -0.15) is 0 Å². The molecule has 2 atom stereocenters. The van der Waals surface area contributed by atoms with Crippen LogP contribution in [0, 0.1) is 16.0 Å². The maximum absolute atomic E-state index is 12.7. The average molecular weight is 332 g/mol. The molecule has 130 valence electrons. The van der Waals surface area contributed by atoms with E-state index in [0.29, 0.717) is 5.91 Å². The summed E-state index contributed by atoms with van der Waals surface area (Å²) in [7, 11) is 0. The van der Waals surface area contributed by atoms with Crippen molar-refractivity contribution < 1.29 is 14.6 Å². The first-order valence-corrected chi connectivity index (χ1v) is 8.99. The van der Waals surface area contributed by atoms with Gasteiger partial charge < -0.3 is 9.80 Å². The first-order valence-electron chi connectivity index (χ1n) is 8.99. The number of carbonyl (C=O) groups is 1. The zero-order valence-corrected chi connectivity index (χ0v) is 14.1. The second-order valence-corrected chi connectivity index (χ2v) is 7.03. The molecule has 2 heterocycles. The van der Waals surface area contributed by atoms with E-state index in [1.165, 1.54) is 11.3 Å². The lowest BCUT2D eigenvalue weighted by Crippen LogP contribution is -3.12. The van der Waals surface area contributed by atoms with Crippen molar-refractivity contribution in [2.75, 3.05) is 26.2 Å². The van der Waals surface area contributed by atoms with Gasteiger partial charge in [-0.3, -0.25) is 14.9 Å². The van der Waals surface area contributed by atoms with E-state index in [2.05, 4.69) is 4.90 Å². The summed E-state index contributed by atoms with van der Waals surface area (Å²) in [5.41, 5.74) is 1.23. The fourth-order valence-electron chi connectivity index (χ4n) is 3.92. The molecule has 0 radical (unpaired) electrons. The molecule has 1 aromatic carbocycles. The van der Waals surface area contributed by atoms with Crippen LogP contribution in [0.25, 0.3) is 0 Å². The standard InChI is InChI=1S/C18H25N3O3/c22-18(20-11-2-1-3-12-20)16-5-4-10-19(14-16)13-15-6-8-17(9-7-15)21(23)24/h6-9,16H,1-5,10-14H2/p+1/t16-/m1/s1. The Morgan fingerprint density at radius 2 is 1.88 bits per heavy atom. The van der Waals surface area contributed by atoms with Gasteiger partial charge in [0.15, 0.2) is 0 Å². The zero-order valence-electron chi connectivity index (χ0n) is 14.1. The number of piperidine rings is 2. The Bertz CT molecular complexity index is 582. The second kappa shape index (κ2) is 7.75. The molecule has 3 rings (SSSR count). The lowest BCUT2D eigenvalue weighted by molar-refractivity contribution is -0.921. The number of amides is 1. The lowest BCUT2D eigenvalue weighted by Gasteiger charge is -2.34. The van der Waals surface area contributed by atoms with Gasteiger partial charge in [-0.05, 0) is 44.2 Å². The van der Waals surface area contributed by atoms with Crippen LogP contribution in [0.3, 0.4) is 0 Å². The summed E-state index contributed by atoms with van der Waals surface area (Å²) >= 11 is 0. The number of non-ortho nitro benzene ring substituents is 1. The maximum Gasteiger partial charge on any atom is 0.269 e. The number of nitrogens with zero attached hydrogens (tertiary/aromatic N) is 2. The third-order valence-corrected chi connectivity index (χ3v) is 5.24. The number of rotatable bonds is 4. The minimum Gasteiger partial charge on any atom is -0.342 e. The molecule has 2 aliphatic rings. The number of nitrogens with one attached hydrogen (secondary N) is 1. The largest absolute Gasteiger partial charge is 0.342 e. The van der Waals surface area contributed by atoms with Crippen molar-refractivity contribution in [2.45, 2.75) is 38.6 Å². The average Bonchev–Trinajstić information content (AvgIpc) is 2.62. The van der Waals surface area contributed by atoms with Crippen molar-refractivity contribution in [2.24, 2.45) is 5.92 Å². The zero-order chi connectivity index (χ0) is 16.9. The van der Waals surface area contributed by atoms with E-state index < -0.39 is 0 Å². The normalized spacial score (nSPS) is 24.6. The van der Waals surface area contributed by atoms with Gasteiger partial charge in [-0.15, -0.1) is 0 Å². The van der Waals surface area contributed by atoms with Crippen molar-refractivity contribution >= 4 is 11.6 Å². The Morgan fingerprint density at radius 1 is 1.17 bits per heavy atom. The van der Waals surface area contributed by atoms with E-state index in [4.69, 9.17) is 0 Å². The summed E-state index contributed by atoms with van der Waals surface area (Å²) in [6, 6.07) is 6.80. The highest BCUT2D eigenvalue weighted by Crippen LogP contribution is 2.17. The van der Waals surface area contributed by atoms with Crippen LogP contribution >= 0.6 is 0 Å². The number of likely N-dealkylation sites (tertiary alicyclic amines) is 2. The van der Waals surface area contributed by atoms with Gasteiger partial charge in [-0.1, -0.05) is 0 Å². The van der Waals surface area contributed by atoms with E-state index in [1.807, 2.05) is 12.1 Å². The minimum absolute atomic E-state index is 0.130. The Morgan fingerprint density at radius 3 is 2.54 bits per heavy atom. The van der Waals surface area contributed by atoms with Crippen molar-refractivity contribution in [1.29, 1.82) is 0 Å². The number of hydrogen-bond donors (Lipinski definition) is 1. The summed E-state index contributed by atoms with van der Waals surface area (Å²) in [6.45, 7) is 4.63. The van der Waals surface area contributed by atoms with E-state index >= 15 is 0 Å². The van der Waals surface area contributed by atoms with Gasteiger partial charge >= 0.3 is 0 Å². The molecule has 24 heavy (non-hydrogen) atoms. The molecule has 0 spiro atoms. The minimum atomic E-state index is -0.370. The number of hydrogen-bond acceptors (Lipinski definition) is 3. The van der Waals surface area contributed by atoms with Crippen molar-refractivity contribution in [3.63, 3.8) is 0 Å². The summed E-state index contributed by atoms with van der Waals surface area (Å²) in [5, 5.41) is 10.7. The van der Waals surface area contributed by atoms with Crippen molar-refractivity contribution in [3.8, 4) is 0 Å². The van der Waals surface area contributed by atoms with Gasteiger partial charge in [0.25, 0.3) is 5.69 Å². The smallest absolute Gasteiger partial charge is 0.269 e. The maximum atomic E-state index is 12.7. The van der Waals surface area contributed by atoms with Crippen LogP contribution in [-0.2, 0) is 11.3 Å². The molecule has 6 heteroatoms. The van der Waals surface area contributed by atoms with Crippen LogP contribution in [0.4, 0.5) is 5.69 Å². The fraction of sp³-hybridized carbons (Fsp3) is 0.611. The van der Waals surface area contributed by atoms with Crippen LogP contribution in [0.15, 0.2) is 24.3 Å². The predicted molar refractivity (Wildman–Crippen MR) is 90.7 cm³/mol.